The number of halogens is 1. The summed E-state index contributed by atoms with van der Waals surface area (Å²) in [6, 6.07) is 16.4. The first-order valence-electron chi connectivity index (χ1n) is 11.9. The summed E-state index contributed by atoms with van der Waals surface area (Å²) in [4.78, 5) is 30.4. The highest BCUT2D eigenvalue weighted by atomic mass is 32.1. The van der Waals surface area contributed by atoms with Gasteiger partial charge in [-0.15, -0.1) is 0 Å². The van der Waals surface area contributed by atoms with E-state index >= 15 is 0 Å². The van der Waals surface area contributed by atoms with Crippen molar-refractivity contribution in [2.75, 3.05) is 42.9 Å². The molecule has 1 aliphatic heterocycles. The van der Waals surface area contributed by atoms with Gasteiger partial charge in [-0.05, 0) is 12.1 Å². The number of fused-ring (bicyclic) bond motifs is 1. The van der Waals surface area contributed by atoms with E-state index in [1.165, 1.54) is 17.6 Å². The smallest absolute Gasteiger partial charge is 0.242 e. The van der Waals surface area contributed by atoms with Gasteiger partial charge in [-0.3, -0.25) is 14.2 Å². The Kier molecular flexibility index (Phi) is 6.19. The fourth-order valence-corrected chi connectivity index (χ4v) is 5.12. The number of rotatable bonds is 6. The molecule has 0 bridgehead atoms. The Morgan fingerprint density at radius 2 is 1.78 bits per heavy atom. The predicted molar refractivity (Wildman–Crippen MR) is 141 cm³/mol. The Bertz CT molecular complexity index is 1540. The van der Waals surface area contributed by atoms with Crippen LogP contribution in [0.15, 0.2) is 73.2 Å². The Morgan fingerprint density at radius 3 is 2.59 bits per heavy atom. The van der Waals surface area contributed by atoms with Crippen molar-refractivity contribution < 1.29 is 9.18 Å². The Labute approximate surface area is 216 Å². The van der Waals surface area contributed by atoms with Crippen molar-refractivity contribution in [3.63, 3.8) is 0 Å². The molecule has 0 aliphatic carbocycles. The zero-order valence-electron chi connectivity index (χ0n) is 19.8. The molecule has 0 unspecified atom stereocenters. The molecule has 1 saturated heterocycles. The number of carbonyl (C=O) groups excluding carboxylic acids is 1. The van der Waals surface area contributed by atoms with Crippen molar-refractivity contribution in [2.45, 2.75) is 0 Å². The van der Waals surface area contributed by atoms with Crippen LogP contribution in [-0.4, -0.2) is 67.3 Å². The van der Waals surface area contributed by atoms with Gasteiger partial charge in [0.1, 0.15) is 17.3 Å². The first kappa shape index (κ1) is 23.0. The van der Waals surface area contributed by atoms with Crippen LogP contribution in [0.1, 0.15) is 0 Å². The fraction of sp³-hybridized carbons (Fsp3) is 0.192. The maximum Gasteiger partial charge on any atom is 0.242 e. The third kappa shape index (κ3) is 4.60. The van der Waals surface area contributed by atoms with Crippen LogP contribution in [0.2, 0.25) is 0 Å². The van der Waals surface area contributed by atoms with E-state index in [4.69, 9.17) is 4.98 Å². The van der Waals surface area contributed by atoms with Gasteiger partial charge in [0.15, 0.2) is 11.5 Å². The fourth-order valence-electron chi connectivity index (χ4n) is 4.38. The molecule has 9 nitrogen and oxygen atoms in total. The van der Waals surface area contributed by atoms with Gasteiger partial charge in [0.05, 0.1) is 12.7 Å². The SMILES string of the molecule is O=C(CNc1c(-c2ccccc2F)nc2cnccn12)N1CCN(c2nc(-c3ccccc3)ns2)CC1. The summed E-state index contributed by atoms with van der Waals surface area (Å²) in [7, 11) is 0. The number of nitrogens with zero attached hydrogens (tertiary/aromatic N) is 7. The second kappa shape index (κ2) is 9.94. The number of piperazine rings is 1. The van der Waals surface area contributed by atoms with Crippen molar-refractivity contribution in [3.05, 3.63) is 79.0 Å². The summed E-state index contributed by atoms with van der Waals surface area (Å²) in [5.74, 6) is 0.857. The third-order valence-corrected chi connectivity index (χ3v) is 7.09. The monoisotopic (exact) mass is 514 g/mol. The standard InChI is InChI=1S/C26H23FN8OS/c27-20-9-5-4-8-19(20)23-25(35-11-10-28-16-21(35)30-23)29-17-22(36)33-12-14-34(15-13-33)26-31-24(32-37-26)18-6-2-1-3-7-18/h1-11,16,29H,12-15,17H2. The zero-order chi connectivity index (χ0) is 25.2. The second-order valence-electron chi connectivity index (χ2n) is 8.58. The molecule has 1 fully saturated rings. The average molecular weight is 515 g/mol. The predicted octanol–water partition coefficient (Wildman–Crippen LogP) is 3.81. The lowest BCUT2D eigenvalue weighted by molar-refractivity contribution is -0.129. The molecule has 1 amide bonds. The van der Waals surface area contributed by atoms with E-state index in [2.05, 4.69) is 24.6 Å². The van der Waals surface area contributed by atoms with Crippen molar-refractivity contribution in [2.24, 2.45) is 0 Å². The van der Waals surface area contributed by atoms with E-state index in [0.29, 0.717) is 48.9 Å². The maximum atomic E-state index is 14.6. The molecule has 5 aromatic rings. The molecule has 2 aromatic carbocycles. The largest absolute Gasteiger partial charge is 0.360 e. The highest BCUT2D eigenvalue weighted by Gasteiger charge is 2.24. The number of benzene rings is 2. The number of hydrogen-bond donors (Lipinski definition) is 1. The van der Waals surface area contributed by atoms with Gasteiger partial charge in [0.2, 0.25) is 11.0 Å². The van der Waals surface area contributed by atoms with E-state index in [0.717, 1.165) is 16.5 Å². The summed E-state index contributed by atoms with van der Waals surface area (Å²) < 4.78 is 20.8. The number of imidazole rings is 1. The molecule has 6 rings (SSSR count). The molecule has 11 heteroatoms. The first-order valence-corrected chi connectivity index (χ1v) is 12.7. The molecule has 37 heavy (non-hydrogen) atoms. The maximum absolute atomic E-state index is 14.6. The van der Waals surface area contributed by atoms with Crippen LogP contribution < -0.4 is 10.2 Å². The summed E-state index contributed by atoms with van der Waals surface area (Å²) in [5, 5.41) is 4.06. The van der Waals surface area contributed by atoms with Crippen LogP contribution in [0.3, 0.4) is 0 Å². The minimum absolute atomic E-state index is 0.0367. The molecule has 3 aromatic heterocycles. The van der Waals surface area contributed by atoms with Crippen LogP contribution in [0.4, 0.5) is 15.3 Å². The highest BCUT2D eigenvalue weighted by Crippen LogP contribution is 2.30. The number of hydrogen-bond acceptors (Lipinski definition) is 8. The quantitative estimate of drug-likeness (QED) is 0.368. The number of anilines is 2. The lowest BCUT2D eigenvalue weighted by Crippen LogP contribution is -2.50. The van der Waals surface area contributed by atoms with E-state index in [9.17, 15) is 9.18 Å². The van der Waals surface area contributed by atoms with Crippen LogP contribution in [-0.2, 0) is 4.79 Å². The van der Waals surface area contributed by atoms with Gasteiger partial charge in [-0.1, -0.05) is 42.5 Å². The molecular weight excluding hydrogens is 491 g/mol. The van der Waals surface area contributed by atoms with E-state index in [-0.39, 0.29) is 18.3 Å². The van der Waals surface area contributed by atoms with Gasteiger partial charge in [-0.2, -0.15) is 9.36 Å². The molecule has 186 valence electrons. The van der Waals surface area contributed by atoms with Crippen LogP contribution in [0.5, 0.6) is 0 Å². The zero-order valence-corrected chi connectivity index (χ0v) is 20.6. The Hall–Kier alpha value is -4.38. The molecule has 0 atom stereocenters. The van der Waals surface area contributed by atoms with E-state index in [1.54, 1.807) is 41.2 Å². The molecular formula is C26H23FN8OS. The van der Waals surface area contributed by atoms with E-state index < -0.39 is 0 Å². The van der Waals surface area contributed by atoms with Crippen molar-refractivity contribution in [3.8, 4) is 22.6 Å². The number of carbonyl (C=O) groups is 1. The average Bonchev–Trinajstić information content (AvgIpc) is 3.58. The minimum atomic E-state index is -0.378. The lowest BCUT2D eigenvalue weighted by Gasteiger charge is -2.34. The topological polar surface area (TPSA) is 91.6 Å². The van der Waals surface area contributed by atoms with E-state index in [1.807, 2.05) is 35.2 Å². The molecule has 1 aliphatic rings. The Balaban J connectivity index is 1.12. The van der Waals surface area contributed by atoms with Gasteiger partial charge in [-0.25, -0.2) is 9.37 Å². The van der Waals surface area contributed by atoms with Crippen molar-refractivity contribution in [1.29, 1.82) is 0 Å². The minimum Gasteiger partial charge on any atom is -0.360 e. The lowest BCUT2D eigenvalue weighted by atomic mass is 10.1. The second-order valence-corrected chi connectivity index (χ2v) is 9.31. The van der Waals surface area contributed by atoms with Gasteiger partial charge < -0.3 is 15.1 Å². The summed E-state index contributed by atoms with van der Waals surface area (Å²) in [6.45, 7) is 2.58. The highest BCUT2D eigenvalue weighted by molar-refractivity contribution is 7.09. The number of amides is 1. The van der Waals surface area contributed by atoms with Gasteiger partial charge in [0, 0.05) is 61.2 Å². The third-order valence-electron chi connectivity index (χ3n) is 6.32. The number of nitrogens with one attached hydrogen (secondary N) is 1. The van der Waals surface area contributed by atoms with Crippen LogP contribution in [0.25, 0.3) is 28.3 Å². The van der Waals surface area contributed by atoms with Gasteiger partial charge in [0.25, 0.3) is 0 Å². The van der Waals surface area contributed by atoms with Gasteiger partial charge >= 0.3 is 0 Å². The molecule has 0 radical (unpaired) electrons. The summed E-state index contributed by atoms with van der Waals surface area (Å²) in [5.41, 5.74) is 2.36. The van der Waals surface area contributed by atoms with Crippen LogP contribution >= 0.6 is 11.5 Å². The molecule has 4 heterocycles. The Morgan fingerprint density at radius 1 is 1.00 bits per heavy atom. The molecule has 0 saturated carbocycles. The summed E-state index contributed by atoms with van der Waals surface area (Å²) >= 11 is 1.37. The normalized spacial score (nSPS) is 13.8. The summed E-state index contributed by atoms with van der Waals surface area (Å²) in [6.07, 6.45) is 4.97. The number of aromatic nitrogens is 5. The van der Waals surface area contributed by atoms with Crippen molar-refractivity contribution >= 4 is 34.0 Å². The molecule has 1 N–H and O–H groups in total. The first-order chi connectivity index (χ1) is 18.2. The van der Waals surface area contributed by atoms with Crippen molar-refractivity contribution in [1.82, 2.24) is 28.6 Å². The van der Waals surface area contributed by atoms with Crippen LogP contribution in [0, 0.1) is 5.82 Å². The molecule has 0 spiro atoms.